The second-order valence-electron chi connectivity index (χ2n) is 3.78. The number of amides is 1. The molecule has 0 aliphatic heterocycles. The van der Waals surface area contributed by atoms with E-state index in [-0.39, 0.29) is 18.1 Å². The van der Waals surface area contributed by atoms with E-state index in [4.69, 9.17) is 5.11 Å². The molecular formula is C10H11N5O3S2. The van der Waals surface area contributed by atoms with Gasteiger partial charge in [0.2, 0.25) is 5.91 Å². The predicted octanol–water partition coefficient (Wildman–Crippen LogP) is 0.629. The van der Waals surface area contributed by atoms with Crippen molar-refractivity contribution in [2.24, 2.45) is 7.05 Å². The number of thiazole rings is 1. The summed E-state index contributed by atoms with van der Waals surface area (Å²) in [6.45, 7) is 0. The van der Waals surface area contributed by atoms with Crippen LogP contribution in [0.25, 0.3) is 0 Å². The van der Waals surface area contributed by atoms with Gasteiger partial charge in [-0.2, -0.15) is 0 Å². The molecule has 0 saturated heterocycles. The van der Waals surface area contributed by atoms with E-state index >= 15 is 0 Å². The fourth-order valence-corrected chi connectivity index (χ4v) is 2.70. The molecule has 8 nitrogen and oxygen atoms in total. The van der Waals surface area contributed by atoms with Crippen LogP contribution in [-0.4, -0.2) is 42.5 Å². The number of carbonyl (C=O) groups excluding carboxylic acids is 1. The molecule has 0 spiro atoms. The molecule has 2 aromatic rings. The van der Waals surface area contributed by atoms with Crippen LogP contribution in [0.2, 0.25) is 0 Å². The van der Waals surface area contributed by atoms with Gasteiger partial charge in [-0.15, -0.1) is 21.5 Å². The average Bonchev–Trinajstić information content (AvgIpc) is 2.96. The monoisotopic (exact) mass is 313 g/mol. The van der Waals surface area contributed by atoms with Crippen LogP contribution in [0.3, 0.4) is 0 Å². The molecule has 0 aromatic carbocycles. The van der Waals surface area contributed by atoms with E-state index in [1.807, 2.05) is 0 Å². The van der Waals surface area contributed by atoms with E-state index in [0.29, 0.717) is 16.0 Å². The summed E-state index contributed by atoms with van der Waals surface area (Å²) in [6.07, 6.45) is 1.40. The van der Waals surface area contributed by atoms with Crippen molar-refractivity contribution in [3.8, 4) is 0 Å². The highest BCUT2D eigenvalue weighted by molar-refractivity contribution is 7.99. The number of carboxylic acids is 1. The minimum Gasteiger partial charge on any atom is -0.481 e. The smallest absolute Gasteiger partial charge is 0.309 e. The summed E-state index contributed by atoms with van der Waals surface area (Å²) in [5, 5.41) is 21.5. The molecule has 0 atom stereocenters. The van der Waals surface area contributed by atoms with Crippen LogP contribution in [0.5, 0.6) is 0 Å². The molecule has 0 bridgehead atoms. The van der Waals surface area contributed by atoms with Gasteiger partial charge in [0.1, 0.15) is 6.33 Å². The zero-order chi connectivity index (χ0) is 14.5. The Balaban J connectivity index is 1.84. The number of hydrogen-bond acceptors (Lipinski definition) is 7. The molecule has 0 aliphatic rings. The fraction of sp³-hybridized carbons (Fsp3) is 0.300. The Morgan fingerprint density at radius 3 is 3.00 bits per heavy atom. The van der Waals surface area contributed by atoms with Crippen LogP contribution < -0.4 is 5.32 Å². The number of thioether (sulfide) groups is 1. The molecular weight excluding hydrogens is 302 g/mol. The average molecular weight is 313 g/mol. The van der Waals surface area contributed by atoms with Gasteiger partial charge in [-0.25, -0.2) is 4.98 Å². The molecule has 0 unspecified atom stereocenters. The van der Waals surface area contributed by atoms with Crippen LogP contribution in [-0.2, 0) is 23.1 Å². The molecule has 1 amide bonds. The third-order valence-corrected chi connectivity index (χ3v) is 3.97. The van der Waals surface area contributed by atoms with Crippen molar-refractivity contribution in [2.45, 2.75) is 11.6 Å². The minimum atomic E-state index is -0.953. The summed E-state index contributed by atoms with van der Waals surface area (Å²) < 4.78 is 1.71. The first kappa shape index (κ1) is 14.5. The highest BCUT2D eigenvalue weighted by Gasteiger charge is 2.10. The summed E-state index contributed by atoms with van der Waals surface area (Å²) in [6, 6.07) is 0. The van der Waals surface area contributed by atoms with Crippen molar-refractivity contribution >= 4 is 40.1 Å². The second-order valence-corrected chi connectivity index (χ2v) is 5.58. The first-order valence-electron chi connectivity index (χ1n) is 5.47. The molecule has 2 heterocycles. The molecule has 0 fully saturated rings. The number of anilines is 1. The van der Waals surface area contributed by atoms with Crippen molar-refractivity contribution in [1.29, 1.82) is 0 Å². The summed E-state index contributed by atoms with van der Waals surface area (Å²) in [5.74, 6) is -0.999. The number of aromatic nitrogens is 4. The van der Waals surface area contributed by atoms with Crippen molar-refractivity contribution in [3.63, 3.8) is 0 Å². The SMILES string of the molecule is Cn1cnnc1SCC(=O)Nc1nc(CC(=O)O)cs1. The maximum atomic E-state index is 11.7. The van der Waals surface area contributed by atoms with Gasteiger partial charge in [0, 0.05) is 12.4 Å². The van der Waals surface area contributed by atoms with E-state index in [2.05, 4.69) is 20.5 Å². The lowest BCUT2D eigenvalue weighted by molar-refractivity contribution is -0.136. The quantitative estimate of drug-likeness (QED) is 0.752. The Hall–Kier alpha value is -1.94. The van der Waals surface area contributed by atoms with Gasteiger partial charge in [0.05, 0.1) is 17.9 Å². The van der Waals surface area contributed by atoms with Crippen LogP contribution in [0, 0.1) is 0 Å². The number of carboxylic acid groups (broad SMARTS) is 1. The van der Waals surface area contributed by atoms with Gasteiger partial charge in [-0.3, -0.25) is 9.59 Å². The Morgan fingerprint density at radius 2 is 2.35 bits per heavy atom. The Morgan fingerprint density at radius 1 is 1.55 bits per heavy atom. The Kier molecular flexibility index (Phi) is 4.69. The molecule has 10 heteroatoms. The molecule has 0 radical (unpaired) electrons. The molecule has 106 valence electrons. The molecule has 0 aliphatic carbocycles. The number of rotatable bonds is 6. The third-order valence-electron chi connectivity index (χ3n) is 2.13. The molecule has 2 rings (SSSR count). The van der Waals surface area contributed by atoms with Crippen LogP contribution in [0.1, 0.15) is 5.69 Å². The number of aliphatic carboxylic acids is 1. The molecule has 2 aromatic heterocycles. The van der Waals surface area contributed by atoms with E-state index in [9.17, 15) is 9.59 Å². The highest BCUT2D eigenvalue weighted by atomic mass is 32.2. The van der Waals surface area contributed by atoms with Crippen LogP contribution in [0.4, 0.5) is 5.13 Å². The largest absolute Gasteiger partial charge is 0.481 e. The zero-order valence-corrected chi connectivity index (χ0v) is 12.1. The number of carbonyl (C=O) groups is 2. The number of aryl methyl sites for hydroxylation is 1. The van der Waals surface area contributed by atoms with Crippen LogP contribution >= 0.6 is 23.1 Å². The first-order valence-corrected chi connectivity index (χ1v) is 7.34. The van der Waals surface area contributed by atoms with Gasteiger partial charge in [-0.1, -0.05) is 11.8 Å². The molecule has 0 saturated carbocycles. The maximum Gasteiger partial charge on any atom is 0.309 e. The highest BCUT2D eigenvalue weighted by Crippen LogP contribution is 2.18. The van der Waals surface area contributed by atoms with E-state index in [1.165, 1.54) is 23.1 Å². The van der Waals surface area contributed by atoms with Crippen LogP contribution in [0.15, 0.2) is 16.9 Å². The topological polar surface area (TPSA) is 110 Å². The third kappa shape index (κ3) is 4.03. The van der Waals surface area contributed by atoms with Crippen molar-refractivity contribution in [3.05, 3.63) is 17.4 Å². The van der Waals surface area contributed by atoms with Gasteiger partial charge in [0.25, 0.3) is 0 Å². The molecule has 20 heavy (non-hydrogen) atoms. The minimum absolute atomic E-state index is 0.153. The van der Waals surface area contributed by atoms with E-state index in [0.717, 1.165) is 0 Å². The fourth-order valence-electron chi connectivity index (χ4n) is 1.29. The van der Waals surface area contributed by atoms with E-state index < -0.39 is 5.97 Å². The van der Waals surface area contributed by atoms with Gasteiger partial charge in [-0.05, 0) is 0 Å². The second kappa shape index (κ2) is 6.48. The predicted molar refractivity (Wildman–Crippen MR) is 73.8 cm³/mol. The lowest BCUT2D eigenvalue weighted by Gasteiger charge is -2.01. The summed E-state index contributed by atoms with van der Waals surface area (Å²) >= 11 is 2.46. The van der Waals surface area contributed by atoms with Gasteiger partial charge >= 0.3 is 5.97 Å². The maximum absolute atomic E-state index is 11.7. The summed E-state index contributed by atoms with van der Waals surface area (Å²) in [4.78, 5) is 26.3. The van der Waals surface area contributed by atoms with Gasteiger partial charge < -0.3 is 15.0 Å². The number of nitrogens with zero attached hydrogens (tertiary/aromatic N) is 4. The number of hydrogen-bond donors (Lipinski definition) is 2. The van der Waals surface area contributed by atoms with Crippen molar-refractivity contribution < 1.29 is 14.7 Å². The van der Waals surface area contributed by atoms with E-state index in [1.54, 1.807) is 23.3 Å². The normalized spacial score (nSPS) is 10.4. The standard InChI is InChI=1S/C10H11N5O3S2/c1-15-5-11-14-10(15)20-4-7(16)13-9-12-6(3-19-9)2-8(17)18/h3,5H,2,4H2,1H3,(H,17,18)(H,12,13,16). The van der Waals surface area contributed by atoms with Crippen molar-refractivity contribution in [1.82, 2.24) is 19.7 Å². The van der Waals surface area contributed by atoms with Crippen molar-refractivity contribution in [2.75, 3.05) is 11.1 Å². The first-order chi connectivity index (χ1) is 9.54. The summed E-state index contributed by atoms with van der Waals surface area (Å²) in [5.41, 5.74) is 0.429. The van der Waals surface area contributed by atoms with Gasteiger partial charge in [0.15, 0.2) is 10.3 Å². The lowest BCUT2D eigenvalue weighted by Crippen LogP contribution is -2.14. The lowest BCUT2D eigenvalue weighted by atomic mass is 10.3. The zero-order valence-electron chi connectivity index (χ0n) is 10.4. The Bertz CT molecular complexity index is 624. The number of nitrogens with one attached hydrogen (secondary N) is 1. The Labute approximate surface area is 122 Å². The summed E-state index contributed by atoms with van der Waals surface area (Å²) in [7, 11) is 1.79. The molecule has 2 N–H and O–H groups in total.